The number of hydrogen-bond acceptors (Lipinski definition) is 2. The van der Waals surface area contributed by atoms with E-state index in [0.717, 1.165) is 17.8 Å². The highest BCUT2D eigenvalue weighted by atomic mass is 16.1. The Labute approximate surface area is 103 Å². The molecular weight excluding hydrogens is 212 g/mol. The fourth-order valence-corrected chi connectivity index (χ4v) is 2.73. The number of aryl methyl sites for hydroxylation is 1. The molecule has 1 saturated carbocycles. The standard InChI is InChI=1S/C14H22N2O/c1-11-7-8-13(9-15)14(17)16(11)10-12-5-3-2-4-6-12/h7-8,12H,2-6,9-10,15H2,1H3. The van der Waals surface area contributed by atoms with E-state index in [1.54, 1.807) is 0 Å². The van der Waals surface area contributed by atoms with Gasteiger partial charge < -0.3 is 10.3 Å². The molecule has 1 aliphatic carbocycles. The van der Waals surface area contributed by atoms with Crippen LogP contribution in [0.5, 0.6) is 0 Å². The summed E-state index contributed by atoms with van der Waals surface area (Å²) >= 11 is 0. The quantitative estimate of drug-likeness (QED) is 0.871. The summed E-state index contributed by atoms with van der Waals surface area (Å²) in [5, 5.41) is 0. The first-order valence-electron chi connectivity index (χ1n) is 6.61. The zero-order chi connectivity index (χ0) is 12.3. The SMILES string of the molecule is Cc1ccc(CN)c(=O)n1CC1CCCCC1. The lowest BCUT2D eigenvalue weighted by molar-refractivity contribution is 0.313. The van der Waals surface area contributed by atoms with Crippen molar-refractivity contribution in [3.63, 3.8) is 0 Å². The van der Waals surface area contributed by atoms with Gasteiger partial charge in [0.25, 0.3) is 5.56 Å². The molecule has 0 atom stereocenters. The summed E-state index contributed by atoms with van der Waals surface area (Å²) in [6.45, 7) is 3.22. The average Bonchev–Trinajstić information content (AvgIpc) is 2.36. The summed E-state index contributed by atoms with van der Waals surface area (Å²) in [6, 6.07) is 3.86. The van der Waals surface area contributed by atoms with E-state index >= 15 is 0 Å². The second-order valence-electron chi connectivity index (χ2n) is 5.12. The molecule has 17 heavy (non-hydrogen) atoms. The fourth-order valence-electron chi connectivity index (χ4n) is 2.73. The Morgan fingerprint density at radius 2 is 2.00 bits per heavy atom. The first-order valence-corrected chi connectivity index (χ1v) is 6.61. The molecule has 0 aromatic carbocycles. The van der Waals surface area contributed by atoms with Crippen molar-refractivity contribution in [2.75, 3.05) is 0 Å². The van der Waals surface area contributed by atoms with Crippen molar-refractivity contribution >= 4 is 0 Å². The first kappa shape index (κ1) is 12.4. The van der Waals surface area contributed by atoms with Gasteiger partial charge in [-0.25, -0.2) is 0 Å². The molecule has 3 heteroatoms. The Morgan fingerprint density at radius 1 is 1.29 bits per heavy atom. The van der Waals surface area contributed by atoms with Crippen LogP contribution in [-0.2, 0) is 13.1 Å². The van der Waals surface area contributed by atoms with Crippen LogP contribution in [0.2, 0.25) is 0 Å². The minimum atomic E-state index is 0.109. The summed E-state index contributed by atoms with van der Waals surface area (Å²) in [7, 11) is 0. The lowest BCUT2D eigenvalue weighted by atomic mass is 9.89. The lowest BCUT2D eigenvalue weighted by Crippen LogP contribution is -2.30. The van der Waals surface area contributed by atoms with Gasteiger partial charge in [0.1, 0.15) is 0 Å². The molecule has 2 rings (SSSR count). The Balaban J connectivity index is 2.21. The third-order valence-corrected chi connectivity index (χ3v) is 3.86. The number of aromatic nitrogens is 1. The van der Waals surface area contributed by atoms with Crippen LogP contribution in [-0.4, -0.2) is 4.57 Å². The van der Waals surface area contributed by atoms with Gasteiger partial charge in [-0.05, 0) is 31.7 Å². The molecule has 0 radical (unpaired) electrons. The largest absolute Gasteiger partial charge is 0.326 e. The van der Waals surface area contributed by atoms with E-state index in [2.05, 4.69) is 0 Å². The Morgan fingerprint density at radius 3 is 2.65 bits per heavy atom. The topological polar surface area (TPSA) is 48.0 Å². The van der Waals surface area contributed by atoms with Crippen LogP contribution in [0.1, 0.15) is 43.4 Å². The van der Waals surface area contributed by atoms with Crippen molar-refractivity contribution < 1.29 is 0 Å². The minimum Gasteiger partial charge on any atom is -0.326 e. The highest BCUT2D eigenvalue weighted by molar-refractivity contribution is 5.15. The van der Waals surface area contributed by atoms with E-state index in [0.29, 0.717) is 12.5 Å². The number of nitrogens with two attached hydrogens (primary N) is 1. The molecule has 0 spiro atoms. The van der Waals surface area contributed by atoms with E-state index in [-0.39, 0.29) is 5.56 Å². The summed E-state index contributed by atoms with van der Waals surface area (Å²) in [4.78, 5) is 12.2. The van der Waals surface area contributed by atoms with Crippen LogP contribution < -0.4 is 11.3 Å². The molecule has 0 amide bonds. The zero-order valence-electron chi connectivity index (χ0n) is 10.6. The van der Waals surface area contributed by atoms with Gasteiger partial charge in [0, 0.05) is 24.3 Å². The first-order chi connectivity index (χ1) is 8.22. The van der Waals surface area contributed by atoms with Gasteiger partial charge in [-0.15, -0.1) is 0 Å². The van der Waals surface area contributed by atoms with Crippen molar-refractivity contribution in [3.05, 3.63) is 33.7 Å². The van der Waals surface area contributed by atoms with Crippen molar-refractivity contribution in [2.24, 2.45) is 11.7 Å². The molecule has 0 bridgehead atoms. The second kappa shape index (κ2) is 5.50. The van der Waals surface area contributed by atoms with Crippen molar-refractivity contribution in [1.29, 1.82) is 0 Å². The van der Waals surface area contributed by atoms with Gasteiger partial charge in [-0.2, -0.15) is 0 Å². The molecule has 1 aromatic rings. The predicted molar refractivity (Wildman–Crippen MR) is 69.9 cm³/mol. The van der Waals surface area contributed by atoms with Crippen LogP contribution in [0, 0.1) is 12.8 Å². The minimum absolute atomic E-state index is 0.109. The molecule has 94 valence electrons. The molecule has 1 fully saturated rings. The highest BCUT2D eigenvalue weighted by Crippen LogP contribution is 2.24. The molecule has 1 aliphatic rings. The average molecular weight is 234 g/mol. The van der Waals surface area contributed by atoms with Crippen molar-refractivity contribution in [2.45, 2.75) is 52.1 Å². The van der Waals surface area contributed by atoms with E-state index in [4.69, 9.17) is 5.73 Å². The van der Waals surface area contributed by atoms with E-state index in [9.17, 15) is 4.79 Å². The van der Waals surface area contributed by atoms with Gasteiger partial charge in [0.05, 0.1) is 0 Å². The maximum atomic E-state index is 12.2. The third-order valence-electron chi connectivity index (χ3n) is 3.86. The van der Waals surface area contributed by atoms with Gasteiger partial charge in [0.2, 0.25) is 0 Å². The normalized spacial score (nSPS) is 17.3. The van der Waals surface area contributed by atoms with Crippen molar-refractivity contribution in [1.82, 2.24) is 4.57 Å². The van der Waals surface area contributed by atoms with E-state index in [1.807, 2.05) is 23.6 Å². The molecule has 3 nitrogen and oxygen atoms in total. The van der Waals surface area contributed by atoms with Crippen LogP contribution >= 0.6 is 0 Å². The molecule has 0 unspecified atom stereocenters. The van der Waals surface area contributed by atoms with E-state index in [1.165, 1.54) is 32.1 Å². The summed E-state index contributed by atoms with van der Waals surface area (Å²) in [5.41, 5.74) is 7.48. The molecule has 0 aliphatic heterocycles. The number of hydrogen-bond donors (Lipinski definition) is 1. The Kier molecular flexibility index (Phi) is 4.00. The molecule has 0 saturated heterocycles. The fraction of sp³-hybridized carbons (Fsp3) is 0.643. The molecular formula is C14H22N2O. The lowest BCUT2D eigenvalue weighted by Gasteiger charge is -2.23. The smallest absolute Gasteiger partial charge is 0.255 e. The van der Waals surface area contributed by atoms with Crippen LogP contribution in [0.4, 0.5) is 0 Å². The van der Waals surface area contributed by atoms with Gasteiger partial charge >= 0.3 is 0 Å². The van der Waals surface area contributed by atoms with Crippen LogP contribution in [0.25, 0.3) is 0 Å². The highest BCUT2D eigenvalue weighted by Gasteiger charge is 2.16. The van der Waals surface area contributed by atoms with E-state index < -0.39 is 0 Å². The van der Waals surface area contributed by atoms with Crippen molar-refractivity contribution in [3.8, 4) is 0 Å². The summed E-state index contributed by atoms with van der Waals surface area (Å²) < 4.78 is 1.91. The third kappa shape index (κ3) is 2.78. The molecule has 1 heterocycles. The number of pyridine rings is 1. The monoisotopic (exact) mass is 234 g/mol. The van der Waals surface area contributed by atoms with Gasteiger partial charge in [-0.1, -0.05) is 25.3 Å². The van der Waals surface area contributed by atoms with Crippen LogP contribution in [0.3, 0.4) is 0 Å². The second-order valence-corrected chi connectivity index (χ2v) is 5.12. The maximum absolute atomic E-state index is 12.2. The zero-order valence-corrected chi connectivity index (χ0v) is 10.6. The summed E-state index contributed by atoms with van der Waals surface area (Å²) in [5.74, 6) is 0.674. The predicted octanol–water partition coefficient (Wildman–Crippen LogP) is 2.20. The van der Waals surface area contributed by atoms with Gasteiger partial charge in [-0.3, -0.25) is 4.79 Å². The molecule has 1 aromatic heterocycles. The molecule has 2 N–H and O–H groups in total. The Bertz CT molecular complexity index is 430. The van der Waals surface area contributed by atoms with Crippen LogP contribution in [0.15, 0.2) is 16.9 Å². The number of rotatable bonds is 3. The maximum Gasteiger partial charge on any atom is 0.255 e. The number of nitrogens with zero attached hydrogens (tertiary/aromatic N) is 1. The summed E-state index contributed by atoms with van der Waals surface area (Å²) in [6.07, 6.45) is 6.51. The Hall–Kier alpha value is -1.09. The van der Waals surface area contributed by atoms with Gasteiger partial charge in [0.15, 0.2) is 0 Å².